The zero-order chi connectivity index (χ0) is 15.9. The van der Waals surface area contributed by atoms with E-state index in [1.165, 1.54) is 0 Å². The predicted octanol–water partition coefficient (Wildman–Crippen LogP) is -4.78. The lowest BCUT2D eigenvalue weighted by Crippen LogP contribution is -2.61. The zero-order valence-corrected chi connectivity index (χ0v) is 10.1. The van der Waals surface area contributed by atoms with Gasteiger partial charge >= 0.3 is 0 Å². The fourth-order valence-electron chi connectivity index (χ4n) is 1.35. The smallest absolute Gasteiger partial charge is 0.291 e. The summed E-state index contributed by atoms with van der Waals surface area (Å²) >= 11 is 0. The second-order valence-electron chi connectivity index (χ2n) is 3.65. The molecule has 0 saturated carbocycles. The lowest BCUT2D eigenvalue weighted by atomic mass is 9.99. The molecule has 20 heavy (non-hydrogen) atoms. The molecule has 0 aromatic rings. The van der Waals surface area contributed by atoms with Gasteiger partial charge in [-0.15, -0.1) is 15.2 Å². The molecule has 118 valence electrons. The number of guanidine groups is 1. The summed E-state index contributed by atoms with van der Waals surface area (Å²) < 4.78 is 5.04. The van der Waals surface area contributed by atoms with Crippen molar-refractivity contribution in [3.05, 3.63) is 10.1 Å². The van der Waals surface area contributed by atoms with Crippen molar-refractivity contribution in [2.45, 2.75) is 30.6 Å². The molecule has 1 rings (SSSR count). The van der Waals surface area contributed by atoms with Gasteiger partial charge in [0.15, 0.2) is 6.23 Å². The minimum Gasteiger partial charge on any atom is -0.394 e. The van der Waals surface area contributed by atoms with Crippen LogP contribution in [0.2, 0.25) is 0 Å². The molecule has 1 fully saturated rings. The molecule has 5 atom stereocenters. The Balaban J connectivity index is 0.000000796. The van der Waals surface area contributed by atoms with Crippen molar-refractivity contribution in [3.63, 3.8) is 0 Å². The normalized spacial score (nSPS) is 32.5. The van der Waals surface area contributed by atoms with Crippen LogP contribution in [0.25, 0.3) is 0 Å². The number of hydrazone groups is 1. The monoisotopic (exact) mass is 299 g/mol. The number of nitrogens with two attached hydrogens (primary N) is 2. The van der Waals surface area contributed by atoms with Gasteiger partial charge in [0.1, 0.15) is 24.4 Å². The predicted molar refractivity (Wildman–Crippen MR) is 61.5 cm³/mol. The average molecular weight is 299 g/mol. The van der Waals surface area contributed by atoms with Crippen LogP contribution >= 0.6 is 0 Å². The maximum absolute atomic E-state index is 9.50. The Morgan fingerprint density at radius 2 is 1.80 bits per heavy atom. The summed E-state index contributed by atoms with van der Waals surface area (Å²) in [4.78, 5) is 8.36. The van der Waals surface area contributed by atoms with Gasteiger partial charge in [0.2, 0.25) is 5.96 Å². The van der Waals surface area contributed by atoms with E-state index in [0.717, 1.165) is 0 Å². The van der Waals surface area contributed by atoms with E-state index in [-0.39, 0.29) is 5.96 Å². The lowest BCUT2D eigenvalue weighted by molar-refractivity contribution is -0.742. The van der Waals surface area contributed by atoms with E-state index in [4.69, 9.17) is 36.6 Å². The molecule has 0 radical (unpaired) electrons. The van der Waals surface area contributed by atoms with E-state index < -0.39 is 42.3 Å². The number of ether oxygens (including phenoxy) is 1. The third-order valence-corrected chi connectivity index (χ3v) is 2.21. The molecule has 0 bridgehead atoms. The Kier molecular flexibility index (Phi) is 7.48. The van der Waals surface area contributed by atoms with Gasteiger partial charge in [0.05, 0.1) is 6.61 Å². The van der Waals surface area contributed by atoms with Gasteiger partial charge in [-0.1, -0.05) is 0 Å². The molecule has 0 spiro atoms. The summed E-state index contributed by atoms with van der Waals surface area (Å²) in [6.07, 6.45) is -6.39. The van der Waals surface area contributed by atoms with Crippen LogP contribution in [0.1, 0.15) is 0 Å². The molecule has 1 aliphatic rings. The van der Waals surface area contributed by atoms with Gasteiger partial charge in [-0.3, -0.25) is 5.43 Å². The Morgan fingerprint density at radius 1 is 1.30 bits per heavy atom. The molecule has 0 aromatic carbocycles. The van der Waals surface area contributed by atoms with E-state index in [1.807, 2.05) is 0 Å². The third-order valence-electron chi connectivity index (χ3n) is 2.21. The van der Waals surface area contributed by atoms with Gasteiger partial charge in [-0.05, 0) is 0 Å². The molecule has 10 N–H and O–H groups in total. The van der Waals surface area contributed by atoms with Crippen LogP contribution in [0.4, 0.5) is 0 Å². The van der Waals surface area contributed by atoms with Crippen molar-refractivity contribution in [3.8, 4) is 0 Å². The first kappa shape index (κ1) is 18.1. The van der Waals surface area contributed by atoms with Gasteiger partial charge in [-0.2, -0.15) is 0 Å². The second kappa shape index (κ2) is 8.28. The molecular formula is C7H17N5O8. The standard InChI is InChI=1S/C7H16N4O5.HNO3/c8-7(9)11-10-6-5(15)4(14)3(13)2(1-12)16-6;2-1(3)4/h2-6,10,12-15H,1H2,(H4,8,9,11);(H,2,3,4)/t2-,3-,4+,5-,6-;/m1./s1. The highest BCUT2D eigenvalue weighted by molar-refractivity contribution is 5.75. The highest BCUT2D eigenvalue weighted by Crippen LogP contribution is 2.19. The van der Waals surface area contributed by atoms with Crippen molar-refractivity contribution >= 4 is 5.96 Å². The highest BCUT2D eigenvalue weighted by Gasteiger charge is 2.43. The Bertz CT molecular complexity index is 331. The first-order valence-electron chi connectivity index (χ1n) is 5.18. The first-order chi connectivity index (χ1) is 9.20. The van der Waals surface area contributed by atoms with Gasteiger partial charge < -0.3 is 41.8 Å². The topological polar surface area (TPSA) is 230 Å². The molecular weight excluding hydrogens is 282 g/mol. The van der Waals surface area contributed by atoms with Crippen molar-refractivity contribution in [2.75, 3.05) is 6.61 Å². The minimum absolute atomic E-state index is 0.281. The maximum atomic E-state index is 9.50. The fourth-order valence-corrected chi connectivity index (χ4v) is 1.35. The van der Waals surface area contributed by atoms with Gasteiger partial charge in [0, 0.05) is 0 Å². The first-order valence-corrected chi connectivity index (χ1v) is 5.18. The number of hydrogen-bond acceptors (Lipinski definition) is 9. The summed E-state index contributed by atoms with van der Waals surface area (Å²) in [5.41, 5.74) is 12.4. The molecule has 13 heteroatoms. The summed E-state index contributed by atoms with van der Waals surface area (Å²) in [5, 5.41) is 54.2. The number of rotatable bonds is 3. The number of hydrogen-bond donors (Lipinski definition) is 8. The fraction of sp³-hybridized carbons (Fsp3) is 0.857. The number of aliphatic hydroxyl groups excluding tert-OH is 4. The van der Waals surface area contributed by atoms with E-state index in [2.05, 4.69) is 10.5 Å². The maximum Gasteiger partial charge on any atom is 0.291 e. The summed E-state index contributed by atoms with van der Waals surface area (Å²) in [7, 11) is 0. The summed E-state index contributed by atoms with van der Waals surface area (Å²) in [5.74, 6) is -0.281. The molecule has 1 saturated heterocycles. The Labute approximate surface area is 112 Å². The van der Waals surface area contributed by atoms with Crippen LogP contribution in [0, 0.1) is 10.1 Å². The number of nitrogens with zero attached hydrogens (tertiary/aromatic N) is 2. The molecule has 1 aliphatic heterocycles. The minimum atomic E-state index is -1.50. The SMILES string of the molecule is NC(N)=NN[C@@H]1O[C@H](CO)[C@@H](O)[C@H](O)[C@H]1O.O=[N+]([O-])O. The van der Waals surface area contributed by atoms with Crippen LogP contribution in [-0.2, 0) is 4.74 Å². The molecule has 1 heterocycles. The molecule has 0 aliphatic carbocycles. The molecule has 0 aromatic heterocycles. The lowest BCUT2D eigenvalue weighted by Gasteiger charge is -2.39. The van der Waals surface area contributed by atoms with E-state index in [1.54, 1.807) is 0 Å². The average Bonchev–Trinajstić information content (AvgIpc) is 2.34. The molecule has 0 unspecified atom stereocenters. The number of aliphatic hydroxyl groups is 4. The largest absolute Gasteiger partial charge is 0.394 e. The van der Waals surface area contributed by atoms with Crippen LogP contribution in [-0.4, -0.2) is 73.9 Å². The third kappa shape index (κ3) is 5.81. The van der Waals surface area contributed by atoms with Crippen molar-refractivity contribution < 1.29 is 35.5 Å². The van der Waals surface area contributed by atoms with Crippen molar-refractivity contribution in [1.82, 2.24) is 5.43 Å². The van der Waals surface area contributed by atoms with Gasteiger partial charge in [0.25, 0.3) is 5.09 Å². The Morgan fingerprint density at radius 3 is 2.20 bits per heavy atom. The summed E-state index contributed by atoms with van der Waals surface area (Å²) in [6, 6.07) is 0. The zero-order valence-electron chi connectivity index (χ0n) is 10.1. The van der Waals surface area contributed by atoms with Crippen molar-refractivity contribution in [2.24, 2.45) is 16.6 Å². The van der Waals surface area contributed by atoms with Crippen LogP contribution in [0.3, 0.4) is 0 Å². The second-order valence-corrected chi connectivity index (χ2v) is 3.65. The van der Waals surface area contributed by atoms with E-state index in [9.17, 15) is 15.3 Å². The quantitative estimate of drug-likeness (QED) is 0.107. The molecule has 13 nitrogen and oxygen atoms in total. The number of nitrogens with one attached hydrogen (secondary N) is 1. The summed E-state index contributed by atoms with van der Waals surface area (Å²) in [6.45, 7) is -0.509. The van der Waals surface area contributed by atoms with E-state index >= 15 is 0 Å². The van der Waals surface area contributed by atoms with Gasteiger partial charge in [-0.25, -0.2) is 0 Å². The van der Waals surface area contributed by atoms with Crippen LogP contribution < -0.4 is 16.9 Å². The Hall–Kier alpha value is -1.93. The van der Waals surface area contributed by atoms with E-state index in [0.29, 0.717) is 0 Å². The highest BCUT2D eigenvalue weighted by atomic mass is 16.9. The van der Waals surface area contributed by atoms with Crippen LogP contribution in [0.5, 0.6) is 0 Å². The molecule has 0 amide bonds. The van der Waals surface area contributed by atoms with Crippen LogP contribution in [0.15, 0.2) is 5.10 Å². The van der Waals surface area contributed by atoms with Crippen molar-refractivity contribution in [1.29, 1.82) is 0 Å².